The third-order valence-corrected chi connectivity index (χ3v) is 3.58. The molecule has 6 heteroatoms. The van der Waals surface area contributed by atoms with Crippen LogP contribution >= 0.6 is 11.6 Å². The van der Waals surface area contributed by atoms with Crippen LogP contribution in [0.25, 0.3) is 5.65 Å². The molecule has 2 aromatic heterocycles. The maximum atomic E-state index is 8.89. The largest absolute Gasteiger partial charge is 0.437 e. The Morgan fingerprint density at radius 1 is 1.18 bits per heavy atom. The molecule has 3 aromatic rings. The summed E-state index contributed by atoms with van der Waals surface area (Å²) in [5.74, 6) is 1.15. The van der Waals surface area contributed by atoms with Gasteiger partial charge in [0, 0.05) is 24.4 Å². The molecule has 0 aliphatic carbocycles. The van der Waals surface area contributed by atoms with E-state index in [-0.39, 0.29) is 6.61 Å². The minimum atomic E-state index is 0.192. The molecule has 0 aliphatic heterocycles. The molecular formula is C16H16ClN3O2. The van der Waals surface area contributed by atoms with Gasteiger partial charge in [0.15, 0.2) is 5.65 Å². The first-order valence-electron chi connectivity index (χ1n) is 7.15. The smallest absolute Gasteiger partial charge is 0.224 e. The van der Waals surface area contributed by atoms with Gasteiger partial charge in [0.05, 0.1) is 11.2 Å². The zero-order valence-electron chi connectivity index (χ0n) is 11.9. The Labute approximate surface area is 133 Å². The maximum absolute atomic E-state index is 8.89. The Kier molecular flexibility index (Phi) is 4.56. The molecule has 0 amide bonds. The van der Waals surface area contributed by atoms with E-state index in [1.165, 1.54) is 0 Å². The number of nitrogens with zero attached hydrogens (tertiary/aromatic N) is 3. The van der Waals surface area contributed by atoms with Crippen molar-refractivity contribution in [2.24, 2.45) is 0 Å². The molecule has 1 aromatic carbocycles. The van der Waals surface area contributed by atoms with Gasteiger partial charge in [0.25, 0.3) is 0 Å². The molecule has 0 atom stereocenters. The van der Waals surface area contributed by atoms with Crippen molar-refractivity contribution in [1.82, 2.24) is 14.6 Å². The molecule has 3 rings (SSSR count). The Bertz CT molecular complexity index is 773. The summed E-state index contributed by atoms with van der Waals surface area (Å²) in [6, 6.07) is 11.0. The van der Waals surface area contributed by atoms with Crippen molar-refractivity contribution < 1.29 is 9.84 Å². The molecule has 0 spiro atoms. The lowest BCUT2D eigenvalue weighted by molar-refractivity contribution is 0.284. The van der Waals surface area contributed by atoms with Crippen molar-refractivity contribution >= 4 is 17.2 Å². The fourth-order valence-corrected chi connectivity index (χ4v) is 2.37. The summed E-state index contributed by atoms with van der Waals surface area (Å²) >= 11 is 6.14. The highest BCUT2D eigenvalue weighted by Gasteiger charge is 2.10. The van der Waals surface area contributed by atoms with Gasteiger partial charge >= 0.3 is 0 Å². The number of ether oxygens (including phenoxy) is 1. The molecular weight excluding hydrogens is 302 g/mol. The van der Waals surface area contributed by atoms with Crippen LogP contribution in [0.4, 0.5) is 0 Å². The number of aryl methyl sites for hydroxylation is 1. The number of hydrogen-bond donors (Lipinski definition) is 1. The SMILES string of the molecule is OCCCCc1cc(Oc2ccccc2Cl)n2nccc2n1. The van der Waals surface area contributed by atoms with E-state index in [1.54, 1.807) is 16.8 Å². The van der Waals surface area contributed by atoms with E-state index in [4.69, 9.17) is 21.4 Å². The zero-order chi connectivity index (χ0) is 15.4. The van der Waals surface area contributed by atoms with Gasteiger partial charge in [0.2, 0.25) is 5.88 Å². The highest BCUT2D eigenvalue weighted by molar-refractivity contribution is 6.32. The number of aromatic nitrogens is 3. The van der Waals surface area contributed by atoms with E-state index < -0.39 is 0 Å². The van der Waals surface area contributed by atoms with Crippen LogP contribution in [0.15, 0.2) is 42.6 Å². The number of hydrogen-bond acceptors (Lipinski definition) is 4. The lowest BCUT2D eigenvalue weighted by atomic mass is 10.2. The summed E-state index contributed by atoms with van der Waals surface area (Å²) in [6.45, 7) is 0.192. The number of aliphatic hydroxyl groups excluding tert-OH is 1. The van der Waals surface area contributed by atoms with Crippen LogP contribution in [0.3, 0.4) is 0 Å². The average Bonchev–Trinajstić information content (AvgIpc) is 2.98. The molecule has 0 saturated heterocycles. The van der Waals surface area contributed by atoms with Gasteiger partial charge in [0.1, 0.15) is 5.75 Å². The molecule has 0 radical (unpaired) electrons. The second-order valence-corrected chi connectivity index (χ2v) is 5.31. The highest BCUT2D eigenvalue weighted by atomic mass is 35.5. The van der Waals surface area contributed by atoms with Crippen molar-refractivity contribution in [3.05, 3.63) is 53.3 Å². The lowest BCUT2D eigenvalue weighted by Crippen LogP contribution is -2.01. The van der Waals surface area contributed by atoms with E-state index in [9.17, 15) is 0 Å². The standard InChI is InChI=1S/C16H16ClN3O2/c17-13-6-1-2-7-14(13)22-16-11-12(5-3-4-10-21)19-15-8-9-18-20(15)16/h1-2,6-9,11,21H,3-5,10H2. The fourth-order valence-electron chi connectivity index (χ4n) is 2.19. The summed E-state index contributed by atoms with van der Waals surface area (Å²) in [5.41, 5.74) is 1.63. The monoisotopic (exact) mass is 317 g/mol. The van der Waals surface area contributed by atoms with Crippen molar-refractivity contribution in [2.45, 2.75) is 19.3 Å². The van der Waals surface area contributed by atoms with Crippen LogP contribution in [-0.2, 0) is 6.42 Å². The second kappa shape index (κ2) is 6.77. The molecule has 22 heavy (non-hydrogen) atoms. The number of fused-ring (bicyclic) bond motifs is 1. The molecule has 5 nitrogen and oxygen atoms in total. The predicted octanol–water partition coefficient (Wildman–Crippen LogP) is 3.49. The number of halogens is 1. The van der Waals surface area contributed by atoms with Gasteiger partial charge in [-0.2, -0.15) is 9.61 Å². The lowest BCUT2D eigenvalue weighted by Gasteiger charge is -2.10. The second-order valence-electron chi connectivity index (χ2n) is 4.90. The van der Waals surface area contributed by atoms with Crippen molar-refractivity contribution in [1.29, 1.82) is 0 Å². The first kappa shape index (κ1) is 14.8. The fraction of sp³-hybridized carbons (Fsp3) is 0.250. The molecule has 0 aliphatic rings. The van der Waals surface area contributed by atoms with E-state index in [0.717, 1.165) is 30.6 Å². The predicted molar refractivity (Wildman–Crippen MR) is 84.5 cm³/mol. The molecule has 0 unspecified atom stereocenters. The number of unbranched alkanes of at least 4 members (excludes halogenated alkanes) is 1. The summed E-state index contributed by atoms with van der Waals surface area (Å²) in [6.07, 6.45) is 4.09. The average molecular weight is 318 g/mol. The van der Waals surface area contributed by atoms with E-state index in [2.05, 4.69) is 10.1 Å². The van der Waals surface area contributed by atoms with Gasteiger partial charge in [-0.1, -0.05) is 23.7 Å². The molecule has 1 N–H and O–H groups in total. The van der Waals surface area contributed by atoms with Gasteiger partial charge < -0.3 is 9.84 Å². The summed E-state index contributed by atoms with van der Waals surface area (Å²) in [5, 5.41) is 13.7. The minimum absolute atomic E-state index is 0.192. The van der Waals surface area contributed by atoms with E-state index >= 15 is 0 Å². The van der Waals surface area contributed by atoms with Crippen molar-refractivity contribution in [3.8, 4) is 11.6 Å². The number of rotatable bonds is 6. The third kappa shape index (κ3) is 3.21. The first-order chi connectivity index (χ1) is 10.8. The van der Waals surface area contributed by atoms with Crippen molar-refractivity contribution in [2.75, 3.05) is 6.61 Å². The number of benzene rings is 1. The summed E-state index contributed by atoms with van der Waals surface area (Å²) in [7, 11) is 0. The van der Waals surface area contributed by atoms with Crippen LogP contribution in [0.1, 0.15) is 18.5 Å². The Morgan fingerprint density at radius 2 is 2.05 bits per heavy atom. The topological polar surface area (TPSA) is 59.7 Å². The van der Waals surface area contributed by atoms with Crippen LogP contribution < -0.4 is 4.74 Å². The molecule has 114 valence electrons. The van der Waals surface area contributed by atoms with Crippen LogP contribution in [0.2, 0.25) is 5.02 Å². The Hall–Kier alpha value is -2.11. The third-order valence-electron chi connectivity index (χ3n) is 3.27. The van der Waals surface area contributed by atoms with Crippen LogP contribution in [0.5, 0.6) is 11.6 Å². The number of aliphatic hydroxyl groups is 1. The highest BCUT2D eigenvalue weighted by Crippen LogP contribution is 2.29. The number of para-hydroxylation sites is 1. The quantitative estimate of drug-likeness (QED) is 0.707. The molecule has 0 saturated carbocycles. The van der Waals surface area contributed by atoms with Gasteiger partial charge in [-0.3, -0.25) is 0 Å². The Morgan fingerprint density at radius 3 is 2.86 bits per heavy atom. The zero-order valence-corrected chi connectivity index (χ0v) is 12.7. The molecule has 2 heterocycles. The van der Waals surface area contributed by atoms with Gasteiger partial charge in [-0.15, -0.1) is 0 Å². The van der Waals surface area contributed by atoms with E-state index in [1.807, 2.05) is 30.3 Å². The summed E-state index contributed by atoms with van der Waals surface area (Å²) < 4.78 is 7.54. The Balaban J connectivity index is 1.93. The molecule has 0 fully saturated rings. The van der Waals surface area contributed by atoms with Gasteiger partial charge in [-0.05, 0) is 31.4 Å². The summed E-state index contributed by atoms with van der Waals surface area (Å²) in [4.78, 5) is 4.54. The first-order valence-corrected chi connectivity index (χ1v) is 7.52. The van der Waals surface area contributed by atoms with E-state index in [0.29, 0.717) is 16.7 Å². The van der Waals surface area contributed by atoms with Gasteiger partial charge in [-0.25, -0.2) is 4.98 Å². The maximum Gasteiger partial charge on any atom is 0.224 e. The van der Waals surface area contributed by atoms with Crippen LogP contribution in [0, 0.1) is 0 Å². The molecule has 0 bridgehead atoms. The minimum Gasteiger partial charge on any atom is -0.437 e. The van der Waals surface area contributed by atoms with Crippen LogP contribution in [-0.4, -0.2) is 26.3 Å². The van der Waals surface area contributed by atoms with Crippen molar-refractivity contribution in [3.63, 3.8) is 0 Å². The normalized spacial score (nSPS) is 11.0.